The quantitative estimate of drug-likeness (QED) is 0.409. The van der Waals surface area contributed by atoms with E-state index >= 15 is 0 Å². The van der Waals surface area contributed by atoms with Crippen molar-refractivity contribution in [3.63, 3.8) is 0 Å². The van der Waals surface area contributed by atoms with Crippen LogP contribution in [0.2, 0.25) is 0 Å². The molecule has 0 saturated carbocycles. The van der Waals surface area contributed by atoms with Gasteiger partial charge in [-0.15, -0.1) is 0 Å². The van der Waals surface area contributed by atoms with Gasteiger partial charge in [-0.3, -0.25) is 9.59 Å². The zero-order chi connectivity index (χ0) is 26.4. The van der Waals surface area contributed by atoms with Gasteiger partial charge in [0.25, 0.3) is 0 Å². The van der Waals surface area contributed by atoms with Crippen LogP contribution in [0, 0.1) is 5.82 Å². The number of H-pyrrole nitrogens is 1. The van der Waals surface area contributed by atoms with Gasteiger partial charge in [0, 0.05) is 29.6 Å². The SMILES string of the molecule is CCOc1ccc([C@@H]2c3[nH]c4ccccc4c3C[C@H]3C(=O)N(Cc4ccc(F)cc4)CC(=O)N23)cc1OC. The van der Waals surface area contributed by atoms with Gasteiger partial charge < -0.3 is 24.3 Å². The Morgan fingerprint density at radius 2 is 1.82 bits per heavy atom. The summed E-state index contributed by atoms with van der Waals surface area (Å²) in [5.74, 6) is 0.590. The number of carbonyl (C=O) groups excluding carboxylic acids is 2. The minimum Gasteiger partial charge on any atom is -0.493 e. The number of ether oxygens (including phenoxy) is 2. The number of carbonyl (C=O) groups is 2. The van der Waals surface area contributed by atoms with Crippen LogP contribution in [0.15, 0.2) is 66.7 Å². The normalized spacial score (nSPS) is 18.9. The predicted molar refractivity (Wildman–Crippen MR) is 140 cm³/mol. The number of hydrogen-bond donors (Lipinski definition) is 1. The van der Waals surface area contributed by atoms with Crippen LogP contribution in [-0.2, 0) is 22.6 Å². The van der Waals surface area contributed by atoms with Crippen LogP contribution >= 0.6 is 0 Å². The standard InChI is InChI=1S/C30H28FN3O4/c1-3-38-25-13-10-19(14-26(25)37-2)29-28-22(21-6-4-5-7-23(21)32-28)15-24-30(36)33(17-27(35)34(24)29)16-18-8-11-20(31)12-9-18/h4-14,24,29,32H,3,15-17H2,1-2H3/t24-,29+/m0/s1. The molecule has 6 rings (SSSR count). The Balaban J connectivity index is 1.45. The molecule has 2 atom stereocenters. The van der Waals surface area contributed by atoms with E-state index in [1.165, 1.54) is 12.1 Å². The fraction of sp³-hybridized carbons (Fsp3) is 0.267. The van der Waals surface area contributed by atoms with Crippen molar-refractivity contribution in [1.82, 2.24) is 14.8 Å². The van der Waals surface area contributed by atoms with Crippen molar-refractivity contribution in [3.05, 3.63) is 94.9 Å². The number of benzene rings is 3. The first-order valence-electron chi connectivity index (χ1n) is 12.7. The number of piperazine rings is 1. The Hall–Kier alpha value is -4.33. The molecule has 1 N–H and O–H groups in total. The highest BCUT2D eigenvalue weighted by molar-refractivity contribution is 5.97. The summed E-state index contributed by atoms with van der Waals surface area (Å²) in [5.41, 5.74) is 4.50. The summed E-state index contributed by atoms with van der Waals surface area (Å²) in [5, 5.41) is 1.04. The van der Waals surface area contributed by atoms with Crippen LogP contribution in [0.5, 0.6) is 11.5 Å². The van der Waals surface area contributed by atoms with Gasteiger partial charge in [0.15, 0.2) is 11.5 Å². The molecule has 2 amide bonds. The summed E-state index contributed by atoms with van der Waals surface area (Å²) in [7, 11) is 1.59. The zero-order valence-corrected chi connectivity index (χ0v) is 21.2. The van der Waals surface area contributed by atoms with E-state index in [9.17, 15) is 14.0 Å². The van der Waals surface area contributed by atoms with E-state index in [4.69, 9.17) is 9.47 Å². The average molecular weight is 514 g/mol. The minimum absolute atomic E-state index is 0.0487. The molecule has 2 aliphatic heterocycles. The van der Waals surface area contributed by atoms with Gasteiger partial charge in [-0.1, -0.05) is 36.4 Å². The molecule has 8 heteroatoms. The van der Waals surface area contributed by atoms with Crippen molar-refractivity contribution < 1.29 is 23.5 Å². The number of fused-ring (bicyclic) bond motifs is 4. The maximum absolute atomic E-state index is 13.9. The molecule has 38 heavy (non-hydrogen) atoms. The third-order valence-corrected chi connectivity index (χ3v) is 7.43. The third kappa shape index (κ3) is 3.97. The topological polar surface area (TPSA) is 74.9 Å². The number of hydrogen-bond acceptors (Lipinski definition) is 4. The van der Waals surface area contributed by atoms with Crippen molar-refractivity contribution in [2.45, 2.75) is 32.0 Å². The maximum Gasteiger partial charge on any atom is 0.246 e. The Labute approximate surface area is 219 Å². The Kier molecular flexibility index (Phi) is 6.02. The number of nitrogens with zero attached hydrogens (tertiary/aromatic N) is 2. The summed E-state index contributed by atoms with van der Waals surface area (Å²) < 4.78 is 24.8. The van der Waals surface area contributed by atoms with Crippen LogP contribution in [0.1, 0.15) is 35.3 Å². The van der Waals surface area contributed by atoms with Gasteiger partial charge in [0.2, 0.25) is 11.8 Å². The molecule has 1 fully saturated rings. The van der Waals surface area contributed by atoms with Gasteiger partial charge >= 0.3 is 0 Å². The minimum atomic E-state index is -0.661. The first-order chi connectivity index (χ1) is 18.5. The molecule has 3 aromatic carbocycles. The molecule has 0 radical (unpaired) electrons. The highest BCUT2D eigenvalue weighted by Crippen LogP contribution is 2.44. The first kappa shape index (κ1) is 24.0. The van der Waals surface area contributed by atoms with E-state index in [1.54, 1.807) is 29.0 Å². The van der Waals surface area contributed by atoms with Crippen LogP contribution in [0.3, 0.4) is 0 Å². The van der Waals surface area contributed by atoms with E-state index in [-0.39, 0.29) is 30.7 Å². The highest BCUT2D eigenvalue weighted by atomic mass is 19.1. The van der Waals surface area contributed by atoms with Gasteiger partial charge in [0.05, 0.1) is 19.8 Å². The lowest BCUT2D eigenvalue weighted by atomic mass is 9.86. The number of amides is 2. The lowest BCUT2D eigenvalue weighted by Gasteiger charge is -2.47. The second-order valence-electron chi connectivity index (χ2n) is 9.65. The third-order valence-electron chi connectivity index (χ3n) is 7.43. The van der Waals surface area contributed by atoms with Crippen molar-refractivity contribution in [2.24, 2.45) is 0 Å². The Bertz CT molecular complexity index is 1530. The molecular formula is C30H28FN3O4. The van der Waals surface area contributed by atoms with Crippen molar-refractivity contribution >= 4 is 22.7 Å². The van der Waals surface area contributed by atoms with Gasteiger partial charge in [-0.05, 0) is 53.9 Å². The fourth-order valence-electron chi connectivity index (χ4n) is 5.74. The molecular weight excluding hydrogens is 485 g/mol. The molecule has 3 heterocycles. The van der Waals surface area contributed by atoms with E-state index in [1.807, 2.05) is 49.4 Å². The molecule has 7 nitrogen and oxygen atoms in total. The summed E-state index contributed by atoms with van der Waals surface area (Å²) in [6.07, 6.45) is 0.411. The molecule has 0 bridgehead atoms. The maximum atomic E-state index is 13.9. The second-order valence-corrected chi connectivity index (χ2v) is 9.65. The number of aromatic nitrogens is 1. The molecule has 4 aromatic rings. The number of rotatable bonds is 6. The number of nitrogens with one attached hydrogen (secondary N) is 1. The largest absolute Gasteiger partial charge is 0.493 e. The van der Waals surface area contributed by atoms with Crippen molar-refractivity contribution in [3.8, 4) is 11.5 Å². The monoisotopic (exact) mass is 513 g/mol. The Morgan fingerprint density at radius 1 is 1.03 bits per heavy atom. The number of methoxy groups -OCH3 is 1. The molecule has 0 unspecified atom stereocenters. The summed E-state index contributed by atoms with van der Waals surface area (Å²) in [6, 6.07) is 18.5. The lowest BCUT2D eigenvalue weighted by molar-refractivity contribution is -0.159. The van der Waals surface area contributed by atoms with Gasteiger partial charge in [-0.2, -0.15) is 0 Å². The number of para-hydroxylation sites is 1. The van der Waals surface area contributed by atoms with Crippen LogP contribution in [0.4, 0.5) is 4.39 Å². The molecule has 194 valence electrons. The zero-order valence-electron chi connectivity index (χ0n) is 21.2. The molecule has 0 spiro atoms. The van der Waals surface area contributed by atoms with Crippen LogP contribution < -0.4 is 9.47 Å². The van der Waals surface area contributed by atoms with Gasteiger partial charge in [-0.25, -0.2) is 4.39 Å². The number of halogens is 1. The summed E-state index contributed by atoms with van der Waals surface area (Å²) >= 11 is 0. The first-order valence-corrected chi connectivity index (χ1v) is 12.7. The van der Waals surface area contributed by atoms with Crippen molar-refractivity contribution in [1.29, 1.82) is 0 Å². The van der Waals surface area contributed by atoms with E-state index in [0.29, 0.717) is 24.5 Å². The van der Waals surface area contributed by atoms with Crippen molar-refractivity contribution in [2.75, 3.05) is 20.3 Å². The lowest BCUT2D eigenvalue weighted by Crippen LogP contribution is -2.62. The second kappa shape index (κ2) is 9.52. The molecule has 2 aliphatic rings. The molecule has 0 aliphatic carbocycles. The fourth-order valence-corrected chi connectivity index (χ4v) is 5.74. The highest BCUT2D eigenvalue weighted by Gasteiger charge is 2.48. The van der Waals surface area contributed by atoms with E-state index < -0.39 is 12.1 Å². The summed E-state index contributed by atoms with van der Waals surface area (Å²) in [6.45, 7) is 2.60. The Morgan fingerprint density at radius 3 is 2.58 bits per heavy atom. The van der Waals surface area contributed by atoms with E-state index in [2.05, 4.69) is 4.98 Å². The van der Waals surface area contributed by atoms with Crippen LogP contribution in [-0.4, -0.2) is 52.9 Å². The summed E-state index contributed by atoms with van der Waals surface area (Å²) in [4.78, 5) is 34.5. The average Bonchev–Trinajstić information content (AvgIpc) is 3.30. The number of aromatic amines is 1. The van der Waals surface area contributed by atoms with Crippen LogP contribution in [0.25, 0.3) is 10.9 Å². The predicted octanol–water partition coefficient (Wildman–Crippen LogP) is 4.60. The van der Waals surface area contributed by atoms with E-state index in [0.717, 1.165) is 33.3 Å². The smallest absolute Gasteiger partial charge is 0.246 e. The molecule has 1 aromatic heterocycles. The molecule has 1 saturated heterocycles. The van der Waals surface area contributed by atoms with Gasteiger partial charge in [0.1, 0.15) is 18.4 Å².